The first kappa shape index (κ1) is 34.4. The predicted molar refractivity (Wildman–Crippen MR) is 191 cm³/mol. The molecular formula is C35H52FN7O4S. The van der Waals surface area contributed by atoms with E-state index in [1.54, 1.807) is 21.7 Å². The number of amides is 2. The lowest BCUT2D eigenvalue weighted by Crippen LogP contribution is -2.53. The average Bonchev–Trinajstić information content (AvgIpc) is 3.55. The van der Waals surface area contributed by atoms with Crippen molar-refractivity contribution >= 4 is 40.4 Å². The number of anilines is 1. The van der Waals surface area contributed by atoms with Gasteiger partial charge in [-0.1, -0.05) is 12.1 Å². The van der Waals surface area contributed by atoms with Crippen LogP contribution in [0.4, 0.5) is 10.1 Å². The number of para-hydroxylation sites is 1. The monoisotopic (exact) mass is 685 g/mol. The molecule has 1 N–H and O–H groups in total. The first-order valence-corrected chi connectivity index (χ1v) is 18.1. The van der Waals surface area contributed by atoms with Crippen LogP contribution in [0.3, 0.4) is 0 Å². The van der Waals surface area contributed by atoms with E-state index in [-0.39, 0.29) is 50.3 Å². The standard InChI is InChI=1S/C35H48FN7O4S.2H2/c1-23(2)47-21-20-42-32(45)28(22-29(44)39-14-11-24(12-15-39)43-27-10-7-13-37-31(27)38-34(43)46)48-33(42)25-8-6-9-26(36)30(25)40-16-18-41(19-17-40)35(3,4)5;;/h6-10,13,23-24,28,33H,11-12,14-22H2,1-5H3,(H,37,38,46);2*1H/t28-,33?;;/m0../s1. The van der Waals surface area contributed by atoms with Gasteiger partial charge in [0.05, 0.1) is 29.2 Å². The Balaban J connectivity index is 0.00000281. The summed E-state index contributed by atoms with van der Waals surface area (Å²) in [4.78, 5) is 55.6. The maximum atomic E-state index is 15.7. The van der Waals surface area contributed by atoms with Crippen molar-refractivity contribution < 1.29 is 21.6 Å². The van der Waals surface area contributed by atoms with Crippen molar-refractivity contribution in [3.8, 4) is 0 Å². The molecule has 264 valence electrons. The molecule has 6 rings (SSSR count). The molecule has 1 aromatic carbocycles. The molecule has 0 bridgehead atoms. The van der Waals surface area contributed by atoms with E-state index in [1.807, 2.05) is 36.9 Å². The minimum Gasteiger partial charge on any atom is -0.377 e. The second-order valence-electron chi connectivity index (χ2n) is 14.2. The number of ether oxygens (including phenoxy) is 1. The fraction of sp³-hybridized carbons (Fsp3) is 0.600. The van der Waals surface area contributed by atoms with Crippen LogP contribution < -0.4 is 10.6 Å². The highest BCUT2D eigenvalue weighted by molar-refractivity contribution is 8.01. The number of pyridine rings is 1. The summed E-state index contributed by atoms with van der Waals surface area (Å²) in [6, 6.07) is 8.78. The van der Waals surface area contributed by atoms with E-state index in [0.29, 0.717) is 63.5 Å². The van der Waals surface area contributed by atoms with Crippen LogP contribution in [0.2, 0.25) is 0 Å². The number of carbonyl (C=O) groups excluding carboxylic acids is 2. The molecule has 1 unspecified atom stereocenters. The van der Waals surface area contributed by atoms with Gasteiger partial charge in [0.25, 0.3) is 0 Å². The Hall–Kier alpha value is -3.42. The number of thioether (sulfide) groups is 1. The number of nitrogens with one attached hydrogen (secondary N) is 1. The lowest BCUT2D eigenvalue weighted by Gasteiger charge is -2.43. The Morgan fingerprint density at radius 2 is 1.81 bits per heavy atom. The highest BCUT2D eigenvalue weighted by Crippen LogP contribution is 2.48. The first-order valence-electron chi connectivity index (χ1n) is 17.1. The number of H-pyrrole nitrogens is 1. The fourth-order valence-corrected chi connectivity index (χ4v) is 8.72. The summed E-state index contributed by atoms with van der Waals surface area (Å²) in [5, 5.41) is -1.03. The van der Waals surface area contributed by atoms with Crippen molar-refractivity contribution in [3.05, 3.63) is 58.4 Å². The van der Waals surface area contributed by atoms with Gasteiger partial charge in [-0.25, -0.2) is 14.2 Å². The van der Waals surface area contributed by atoms with Gasteiger partial charge in [-0.15, -0.1) is 11.8 Å². The molecule has 0 radical (unpaired) electrons. The number of fused-ring (bicyclic) bond motifs is 1. The molecule has 3 fully saturated rings. The van der Waals surface area contributed by atoms with Crippen LogP contribution in [-0.2, 0) is 14.3 Å². The lowest BCUT2D eigenvalue weighted by molar-refractivity contribution is -0.137. The van der Waals surface area contributed by atoms with Crippen molar-refractivity contribution in [3.63, 3.8) is 0 Å². The Morgan fingerprint density at radius 1 is 1.08 bits per heavy atom. The third-order valence-electron chi connectivity index (χ3n) is 9.78. The number of benzene rings is 1. The highest BCUT2D eigenvalue weighted by atomic mass is 32.2. The van der Waals surface area contributed by atoms with Crippen LogP contribution in [0.5, 0.6) is 0 Å². The number of piperidine rings is 1. The Labute approximate surface area is 288 Å². The Bertz CT molecular complexity index is 1680. The average molecular weight is 686 g/mol. The molecule has 5 heterocycles. The fourth-order valence-electron chi connectivity index (χ4n) is 7.23. The molecule has 11 nitrogen and oxygen atoms in total. The minimum absolute atomic E-state index is 0. The van der Waals surface area contributed by atoms with Gasteiger partial charge < -0.3 is 19.4 Å². The molecule has 3 aromatic rings. The number of piperazine rings is 1. The molecule has 48 heavy (non-hydrogen) atoms. The number of carbonyl (C=O) groups is 2. The maximum Gasteiger partial charge on any atom is 0.327 e. The number of halogens is 1. The number of hydrogen-bond acceptors (Lipinski definition) is 8. The summed E-state index contributed by atoms with van der Waals surface area (Å²) in [5.41, 5.74) is 2.47. The van der Waals surface area contributed by atoms with Gasteiger partial charge in [-0.3, -0.25) is 24.0 Å². The quantitative estimate of drug-likeness (QED) is 0.339. The van der Waals surface area contributed by atoms with Gasteiger partial charge in [0.15, 0.2) is 5.65 Å². The zero-order valence-corrected chi connectivity index (χ0v) is 29.5. The normalized spacial score (nSPS) is 21.6. The smallest absolute Gasteiger partial charge is 0.327 e. The molecule has 3 saturated heterocycles. The molecule has 2 atom stereocenters. The van der Waals surface area contributed by atoms with Gasteiger partial charge in [-0.05, 0) is 65.7 Å². The summed E-state index contributed by atoms with van der Waals surface area (Å²) in [6.45, 7) is 15.2. The van der Waals surface area contributed by atoms with E-state index in [4.69, 9.17) is 4.74 Å². The van der Waals surface area contributed by atoms with Gasteiger partial charge in [0, 0.05) is 78.4 Å². The number of hydrogen-bond donors (Lipinski definition) is 1. The van der Waals surface area contributed by atoms with E-state index in [1.165, 1.54) is 17.8 Å². The van der Waals surface area contributed by atoms with Crippen LogP contribution in [-0.4, -0.2) is 110 Å². The van der Waals surface area contributed by atoms with Crippen molar-refractivity contribution in [1.82, 2.24) is 29.2 Å². The van der Waals surface area contributed by atoms with Crippen molar-refractivity contribution in [1.29, 1.82) is 0 Å². The first-order chi connectivity index (χ1) is 22.9. The molecular weight excluding hydrogens is 633 g/mol. The molecule has 2 aromatic heterocycles. The number of likely N-dealkylation sites (tertiary alicyclic amines) is 1. The number of imidazole rings is 1. The number of aromatic amines is 1. The van der Waals surface area contributed by atoms with Crippen LogP contribution in [0.1, 0.15) is 73.7 Å². The van der Waals surface area contributed by atoms with E-state index in [2.05, 4.69) is 40.5 Å². The summed E-state index contributed by atoms with van der Waals surface area (Å²) >= 11 is 1.44. The summed E-state index contributed by atoms with van der Waals surface area (Å²) in [6.07, 6.45) is 3.00. The zero-order valence-electron chi connectivity index (χ0n) is 28.7. The van der Waals surface area contributed by atoms with E-state index < -0.39 is 10.6 Å². The summed E-state index contributed by atoms with van der Waals surface area (Å²) in [5.74, 6) is -0.495. The van der Waals surface area contributed by atoms with E-state index in [9.17, 15) is 14.4 Å². The van der Waals surface area contributed by atoms with Gasteiger partial charge in [0.1, 0.15) is 11.2 Å². The largest absolute Gasteiger partial charge is 0.377 e. The second kappa shape index (κ2) is 14.2. The SMILES string of the molecule is CC(C)OCCN1C(=O)[C@H](CC(=O)N2CCC(n3c(=O)[nH]c4ncccc43)CC2)SC1c1cccc(F)c1N1CCN(C(C)(C)C)CC1.[HH].[HH]. The van der Waals surface area contributed by atoms with Gasteiger partial charge in [0.2, 0.25) is 11.8 Å². The van der Waals surface area contributed by atoms with E-state index in [0.717, 1.165) is 24.2 Å². The number of aromatic nitrogens is 3. The molecule has 0 saturated carbocycles. The Kier molecular flexibility index (Phi) is 10.2. The molecule has 13 heteroatoms. The summed E-state index contributed by atoms with van der Waals surface area (Å²) < 4.78 is 23.3. The van der Waals surface area contributed by atoms with Crippen molar-refractivity contribution in [2.45, 2.75) is 82.2 Å². The third-order valence-corrected chi connectivity index (χ3v) is 11.2. The molecule has 0 spiro atoms. The topological polar surface area (TPSA) is 107 Å². The van der Waals surface area contributed by atoms with Crippen LogP contribution >= 0.6 is 11.8 Å². The molecule has 3 aliphatic heterocycles. The minimum atomic E-state index is -0.588. The third kappa shape index (κ3) is 7.13. The lowest BCUT2D eigenvalue weighted by atomic mass is 10.0. The molecule has 2 amide bonds. The number of rotatable bonds is 9. The predicted octanol–water partition coefficient (Wildman–Crippen LogP) is 4.90. The molecule has 3 aliphatic rings. The Morgan fingerprint density at radius 3 is 2.50 bits per heavy atom. The van der Waals surface area contributed by atoms with Crippen LogP contribution in [0.25, 0.3) is 11.2 Å². The van der Waals surface area contributed by atoms with Crippen LogP contribution in [0.15, 0.2) is 41.3 Å². The van der Waals surface area contributed by atoms with Crippen molar-refractivity contribution in [2.75, 3.05) is 57.3 Å². The molecule has 0 aliphatic carbocycles. The second-order valence-corrected chi connectivity index (χ2v) is 15.5. The summed E-state index contributed by atoms with van der Waals surface area (Å²) in [7, 11) is 0. The van der Waals surface area contributed by atoms with Gasteiger partial charge in [-0.2, -0.15) is 0 Å². The highest BCUT2D eigenvalue weighted by Gasteiger charge is 2.44. The van der Waals surface area contributed by atoms with Crippen LogP contribution in [0, 0.1) is 5.82 Å². The number of nitrogens with zero attached hydrogens (tertiary/aromatic N) is 6. The zero-order chi connectivity index (χ0) is 34.2. The van der Waals surface area contributed by atoms with Gasteiger partial charge >= 0.3 is 5.69 Å². The van der Waals surface area contributed by atoms with E-state index >= 15 is 4.39 Å². The maximum absolute atomic E-state index is 15.7. The van der Waals surface area contributed by atoms with Crippen molar-refractivity contribution in [2.24, 2.45) is 0 Å².